The van der Waals surface area contributed by atoms with Crippen LogP contribution in [0.3, 0.4) is 0 Å². The predicted octanol–water partition coefficient (Wildman–Crippen LogP) is 5.09. The van der Waals surface area contributed by atoms with E-state index in [1.165, 1.54) is 16.7 Å². The molecule has 0 fully saturated rings. The number of hydrogen-bond acceptors (Lipinski definition) is 5. The van der Waals surface area contributed by atoms with Crippen LogP contribution in [0.25, 0.3) is 6.08 Å². The van der Waals surface area contributed by atoms with Crippen LogP contribution in [0.2, 0.25) is 0 Å². The van der Waals surface area contributed by atoms with E-state index < -0.39 is 17.8 Å². The van der Waals surface area contributed by atoms with Crippen LogP contribution in [0.5, 0.6) is 5.75 Å². The third-order valence-corrected chi connectivity index (χ3v) is 8.09. The van der Waals surface area contributed by atoms with Crippen LogP contribution < -0.4 is 20.2 Å². The topological polar surface area (TPSA) is 83.7 Å². The number of nitrogens with zero attached hydrogens (tertiary/aromatic N) is 2. The molecule has 0 bridgehead atoms. The number of carbonyl (C=O) groups excluding carboxylic acids is 1. The predicted molar refractivity (Wildman–Crippen MR) is 154 cm³/mol. The molecule has 0 spiro atoms. The standard InChI is InChI=1S/C27H18BrFIN3O3S/c1-14-22(25(35)32-19-5-3-2-4-6-19)23(15-7-9-18(29)10-8-15)33-26(36)21(37-27(33)31-14)12-16-11-17(28)13-20(30)24(16)34/h2-13,23,34H,1H3,(H,32,35)/b21-12+/t23-/m1/s1. The molecule has 0 aliphatic carbocycles. The molecular weight excluding hydrogens is 672 g/mol. The Morgan fingerprint density at radius 3 is 2.59 bits per heavy atom. The number of amides is 1. The van der Waals surface area contributed by atoms with E-state index in [0.717, 1.165) is 15.8 Å². The van der Waals surface area contributed by atoms with Crippen LogP contribution >= 0.6 is 49.9 Å². The van der Waals surface area contributed by atoms with E-state index in [2.05, 4.69) is 26.2 Å². The number of aromatic hydroxyl groups is 1. The van der Waals surface area contributed by atoms with Gasteiger partial charge in [0.25, 0.3) is 11.5 Å². The second kappa shape index (κ2) is 10.3. The number of phenolic OH excluding ortho intramolecular Hbond substituents is 1. The fourth-order valence-corrected chi connectivity index (χ4v) is 6.72. The number of aromatic nitrogens is 1. The summed E-state index contributed by atoms with van der Waals surface area (Å²) in [7, 11) is 0. The Bertz CT molecular complexity index is 1750. The highest BCUT2D eigenvalue weighted by Crippen LogP contribution is 2.32. The van der Waals surface area contributed by atoms with E-state index in [1.807, 2.05) is 40.8 Å². The Morgan fingerprint density at radius 2 is 1.89 bits per heavy atom. The Labute approximate surface area is 236 Å². The van der Waals surface area contributed by atoms with Crippen molar-refractivity contribution in [1.29, 1.82) is 0 Å². The van der Waals surface area contributed by atoms with Crippen LogP contribution in [-0.2, 0) is 4.79 Å². The molecule has 186 valence electrons. The summed E-state index contributed by atoms with van der Waals surface area (Å²) in [6.45, 7) is 1.72. The average Bonchev–Trinajstić information content (AvgIpc) is 3.16. The fraction of sp³-hybridized carbons (Fsp3) is 0.0741. The summed E-state index contributed by atoms with van der Waals surface area (Å²) in [6.07, 6.45) is 1.61. The minimum absolute atomic E-state index is 0.0591. The molecule has 1 aliphatic rings. The van der Waals surface area contributed by atoms with Crippen LogP contribution in [0.15, 0.2) is 92.3 Å². The van der Waals surface area contributed by atoms with Gasteiger partial charge in [-0.3, -0.25) is 14.2 Å². The van der Waals surface area contributed by atoms with Gasteiger partial charge in [0.15, 0.2) is 4.80 Å². The first-order valence-corrected chi connectivity index (χ1v) is 13.7. The molecular formula is C27H18BrFIN3O3S. The molecule has 37 heavy (non-hydrogen) atoms. The van der Waals surface area contributed by atoms with Gasteiger partial charge >= 0.3 is 0 Å². The summed E-state index contributed by atoms with van der Waals surface area (Å²) in [4.78, 5) is 32.2. The van der Waals surface area contributed by atoms with Gasteiger partial charge in [0.05, 0.1) is 25.4 Å². The lowest BCUT2D eigenvalue weighted by Crippen LogP contribution is -2.40. The number of rotatable bonds is 4. The van der Waals surface area contributed by atoms with Gasteiger partial charge in [-0.25, -0.2) is 9.38 Å². The van der Waals surface area contributed by atoms with Crippen molar-refractivity contribution < 1.29 is 14.3 Å². The Hall–Kier alpha value is -3.09. The van der Waals surface area contributed by atoms with Gasteiger partial charge in [0.2, 0.25) is 0 Å². The summed E-state index contributed by atoms with van der Waals surface area (Å²) in [5, 5.41) is 13.4. The van der Waals surface area contributed by atoms with Gasteiger partial charge in [-0.05, 0) is 77.6 Å². The Balaban J connectivity index is 1.70. The smallest absolute Gasteiger partial charge is 0.271 e. The van der Waals surface area contributed by atoms with E-state index in [0.29, 0.717) is 35.4 Å². The van der Waals surface area contributed by atoms with Crippen LogP contribution in [-0.4, -0.2) is 15.6 Å². The van der Waals surface area contributed by atoms with Crippen molar-refractivity contribution in [1.82, 2.24) is 4.57 Å². The zero-order valence-corrected chi connectivity index (χ0v) is 23.8. The molecule has 1 aromatic heterocycles. The lowest BCUT2D eigenvalue weighted by atomic mass is 9.95. The Morgan fingerprint density at radius 1 is 1.19 bits per heavy atom. The molecule has 1 aliphatic heterocycles. The third kappa shape index (κ3) is 5.05. The fourth-order valence-electron chi connectivity index (χ4n) is 4.13. The molecule has 1 amide bonds. The van der Waals surface area contributed by atoms with Gasteiger partial charge in [0, 0.05) is 15.7 Å². The lowest BCUT2D eigenvalue weighted by Gasteiger charge is -2.25. The first-order valence-electron chi connectivity index (χ1n) is 11.1. The number of allylic oxidation sites excluding steroid dienone is 1. The summed E-state index contributed by atoms with van der Waals surface area (Å²) >= 11 is 6.60. The lowest BCUT2D eigenvalue weighted by molar-refractivity contribution is -0.113. The first-order chi connectivity index (χ1) is 17.7. The molecule has 0 unspecified atom stereocenters. The number of carbonyl (C=O) groups is 1. The molecule has 5 rings (SSSR count). The quantitative estimate of drug-likeness (QED) is 0.293. The molecule has 1 atom stereocenters. The maximum absolute atomic E-state index is 13.8. The van der Waals surface area contributed by atoms with E-state index in [1.54, 1.807) is 49.4 Å². The summed E-state index contributed by atoms with van der Waals surface area (Å²) in [6, 6.07) is 17.4. The highest BCUT2D eigenvalue weighted by Gasteiger charge is 2.32. The first kappa shape index (κ1) is 25.6. The second-order valence-corrected chi connectivity index (χ2v) is 11.4. The van der Waals surface area contributed by atoms with Crippen molar-refractivity contribution in [3.8, 4) is 5.75 Å². The maximum Gasteiger partial charge on any atom is 0.271 e. The van der Waals surface area contributed by atoms with E-state index >= 15 is 0 Å². The monoisotopic (exact) mass is 689 g/mol. The van der Waals surface area contributed by atoms with Gasteiger partial charge in [-0.15, -0.1) is 0 Å². The highest BCUT2D eigenvalue weighted by atomic mass is 127. The minimum atomic E-state index is -0.820. The summed E-state index contributed by atoms with van der Waals surface area (Å²) in [5.74, 6) is -0.772. The normalized spacial score (nSPS) is 15.4. The van der Waals surface area contributed by atoms with Crippen molar-refractivity contribution in [2.24, 2.45) is 4.99 Å². The number of para-hydroxylation sites is 1. The second-order valence-electron chi connectivity index (χ2n) is 8.28. The van der Waals surface area contributed by atoms with Crippen LogP contribution in [0.1, 0.15) is 24.1 Å². The molecule has 3 aromatic carbocycles. The van der Waals surface area contributed by atoms with Crippen LogP contribution in [0.4, 0.5) is 10.1 Å². The number of fused-ring (bicyclic) bond motifs is 1. The van der Waals surface area contributed by atoms with Gasteiger partial charge in [0.1, 0.15) is 11.6 Å². The van der Waals surface area contributed by atoms with E-state index in [4.69, 9.17) is 0 Å². The molecule has 6 nitrogen and oxygen atoms in total. The summed E-state index contributed by atoms with van der Waals surface area (Å²) < 4.78 is 17.0. The number of phenols is 1. The third-order valence-electron chi connectivity index (χ3n) is 5.83. The van der Waals surface area contributed by atoms with Crippen molar-refractivity contribution in [2.45, 2.75) is 13.0 Å². The molecule has 0 saturated heterocycles. The number of benzene rings is 3. The van der Waals surface area contributed by atoms with Crippen molar-refractivity contribution in [3.63, 3.8) is 0 Å². The number of anilines is 1. The zero-order valence-electron chi connectivity index (χ0n) is 19.2. The minimum Gasteiger partial charge on any atom is -0.506 e. The molecule has 2 heterocycles. The number of nitrogens with one attached hydrogen (secondary N) is 1. The largest absolute Gasteiger partial charge is 0.506 e. The molecule has 4 aromatic rings. The molecule has 2 N–H and O–H groups in total. The van der Waals surface area contributed by atoms with Gasteiger partial charge in [-0.1, -0.05) is 57.6 Å². The Kier molecular flexibility index (Phi) is 7.15. The molecule has 0 saturated carbocycles. The summed E-state index contributed by atoms with van der Waals surface area (Å²) in [5.41, 5.74) is 2.01. The number of thiazole rings is 1. The van der Waals surface area contributed by atoms with E-state index in [9.17, 15) is 19.1 Å². The number of hydrogen-bond donors (Lipinski definition) is 2. The van der Waals surface area contributed by atoms with Crippen LogP contribution in [0, 0.1) is 9.39 Å². The zero-order chi connectivity index (χ0) is 26.3. The maximum atomic E-state index is 13.8. The van der Waals surface area contributed by atoms with Crippen molar-refractivity contribution >= 4 is 67.5 Å². The van der Waals surface area contributed by atoms with Gasteiger partial charge in [-0.2, -0.15) is 0 Å². The van der Waals surface area contributed by atoms with E-state index in [-0.39, 0.29) is 16.9 Å². The molecule has 0 radical (unpaired) electrons. The van der Waals surface area contributed by atoms with Gasteiger partial charge < -0.3 is 10.4 Å². The molecule has 10 heteroatoms. The number of halogens is 3. The highest BCUT2D eigenvalue weighted by molar-refractivity contribution is 14.1. The van der Waals surface area contributed by atoms with Crippen molar-refractivity contribution in [2.75, 3.05) is 5.32 Å². The average molecular weight is 690 g/mol. The SMILES string of the molecule is CC1=C(C(=O)Nc2ccccc2)[C@@H](c2ccc(F)cc2)n2c(s/c(=C/c3cc(Br)cc(I)c3O)c2=O)=N1. The van der Waals surface area contributed by atoms with Crippen molar-refractivity contribution in [3.05, 3.63) is 123 Å².